The number of carbonyl (C=O) groups excluding carboxylic acids is 1. The normalized spacial score (nSPS) is 12.3. The Morgan fingerprint density at radius 1 is 1.33 bits per heavy atom. The van der Waals surface area contributed by atoms with E-state index in [9.17, 15) is 4.79 Å². The zero-order valence-electron chi connectivity index (χ0n) is 9.67. The Morgan fingerprint density at radius 2 is 1.94 bits per heavy atom. The molecule has 3 nitrogen and oxygen atoms in total. The number of benzene rings is 1. The Hall–Kier alpha value is -0.130. The summed E-state index contributed by atoms with van der Waals surface area (Å²) >= 11 is 19.1. The summed E-state index contributed by atoms with van der Waals surface area (Å²) in [6.45, 7) is 2.50. The summed E-state index contributed by atoms with van der Waals surface area (Å²) in [4.78, 5) is 11.7. The maximum atomic E-state index is 11.7. The molecule has 100 valence electrons. The second-order valence-electron chi connectivity index (χ2n) is 3.65. The van der Waals surface area contributed by atoms with Crippen molar-refractivity contribution in [3.8, 4) is 0 Å². The molecule has 1 unspecified atom stereocenters. The molecular weight excluding hydrogens is 315 g/mol. The Morgan fingerprint density at radius 3 is 2.56 bits per heavy atom. The third kappa shape index (κ3) is 4.86. The molecule has 1 rings (SSSR count). The monoisotopic (exact) mass is 326 g/mol. The average Bonchev–Trinajstić information content (AvgIpc) is 2.33. The topological polar surface area (TPSA) is 55.1 Å². The van der Waals surface area contributed by atoms with Crippen LogP contribution in [0.3, 0.4) is 0 Å². The molecule has 3 N–H and O–H groups in total. The summed E-state index contributed by atoms with van der Waals surface area (Å²) in [5.74, 6) is 0.162. The van der Waals surface area contributed by atoms with Gasteiger partial charge in [0.15, 0.2) is 0 Å². The lowest BCUT2D eigenvalue weighted by atomic mass is 10.3. The van der Waals surface area contributed by atoms with Crippen molar-refractivity contribution in [3.63, 3.8) is 0 Å². The molecule has 1 atom stereocenters. The van der Waals surface area contributed by atoms with E-state index >= 15 is 0 Å². The van der Waals surface area contributed by atoms with E-state index in [0.717, 1.165) is 0 Å². The van der Waals surface area contributed by atoms with Crippen LogP contribution in [0.2, 0.25) is 15.1 Å². The molecule has 7 heteroatoms. The van der Waals surface area contributed by atoms with Crippen LogP contribution in [0.5, 0.6) is 0 Å². The molecule has 0 aliphatic carbocycles. The first-order valence-corrected chi connectivity index (χ1v) is 7.38. The molecule has 0 spiro atoms. The van der Waals surface area contributed by atoms with Crippen molar-refractivity contribution in [3.05, 3.63) is 27.2 Å². The summed E-state index contributed by atoms with van der Waals surface area (Å²) in [7, 11) is 0. The molecule has 1 aromatic rings. The maximum Gasteiger partial charge on any atom is 0.234 e. The van der Waals surface area contributed by atoms with E-state index < -0.39 is 0 Å². The van der Waals surface area contributed by atoms with Gasteiger partial charge in [0, 0.05) is 11.8 Å². The smallest absolute Gasteiger partial charge is 0.234 e. The van der Waals surface area contributed by atoms with Crippen LogP contribution >= 0.6 is 46.6 Å². The SMILES string of the molecule is CC(CN)SCC(=O)Nc1cc(Cl)c(Cl)cc1Cl. The predicted molar refractivity (Wildman–Crippen MR) is 81.1 cm³/mol. The van der Waals surface area contributed by atoms with Gasteiger partial charge in [0.25, 0.3) is 0 Å². The first-order valence-electron chi connectivity index (χ1n) is 5.20. The lowest BCUT2D eigenvalue weighted by Crippen LogP contribution is -2.19. The van der Waals surface area contributed by atoms with E-state index in [0.29, 0.717) is 33.1 Å². The van der Waals surface area contributed by atoms with E-state index in [4.69, 9.17) is 40.5 Å². The predicted octanol–water partition coefficient (Wildman–Crippen LogP) is 3.67. The molecule has 0 aliphatic heterocycles. The summed E-state index contributed by atoms with van der Waals surface area (Å²) in [5, 5.41) is 3.97. The number of halogens is 3. The number of amides is 1. The van der Waals surface area contributed by atoms with Crippen molar-refractivity contribution in [1.82, 2.24) is 0 Å². The number of nitrogens with two attached hydrogens (primary N) is 1. The number of carbonyl (C=O) groups is 1. The highest BCUT2D eigenvalue weighted by Crippen LogP contribution is 2.32. The average molecular weight is 328 g/mol. The molecule has 0 heterocycles. The summed E-state index contributed by atoms with van der Waals surface area (Å²) in [6, 6.07) is 3.03. The van der Waals surface area contributed by atoms with Crippen LogP contribution in [0.1, 0.15) is 6.92 Å². The maximum absolute atomic E-state index is 11.7. The summed E-state index contributed by atoms with van der Waals surface area (Å²) in [5.41, 5.74) is 5.92. The van der Waals surface area contributed by atoms with Gasteiger partial charge >= 0.3 is 0 Å². The first kappa shape index (κ1) is 15.9. The second kappa shape index (κ2) is 7.46. The largest absolute Gasteiger partial charge is 0.329 e. The molecule has 0 saturated heterocycles. The van der Waals surface area contributed by atoms with Crippen molar-refractivity contribution in [1.29, 1.82) is 0 Å². The number of hydrogen-bond acceptors (Lipinski definition) is 3. The van der Waals surface area contributed by atoms with E-state index in [1.807, 2.05) is 6.92 Å². The summed E-state index contributed by atoms with van der Waals surface area (Å²) < 4.78 is 0. The van der Waals surface area contributed by atoms with Gasteiger partial charge in [0.05, 0.1) is 26.5 Å². The highest BCUT2D eigenvalue weighted by Gasteiger charge is 2.10. The molecule has 0 radical (unpaired) electrons. The van der Waals surface area contributed by atoms with Crippen LogP contribution < -0.4 is 11.1 Å². The fourth-order valence-electron chi connectivity index (χ4n) is 1.09. The van der Waals surface area contributed by atoms with Gasteiger partial charge in [0.2, 0.25) is 5.91 Å². The van der Waals surface area contributed by atoms with Gasteiger partial charge in [-0.25, -0.2) is 0 Å². The van der Waals surface area contributed by atoms with Crippen molar-refractivity contribution < 1.29 is 4.79 Å². The third-order valence-corrected chi connectivity index (χ3v) is 4.34. The molecular formula is C11H13Cl3N2OS. The van der Waals surface area contributed by atoms with Crippen LogP contribution in [0.25, 0.3) is 0 Å². The molecule has 1 aromatic carbocycles. The number of nitrogens with one attached hydrogen (secondary N) is 1. The fourth-order valence-corrected chi connectivity index (χ4v) is 2.33. The Kier molecular flexibility index (Phi) is 6.60. The van der Waals surface area contributed by atoms with Gasteiger partial charge in [-0.3, -0.25) is 4.79 Å². The standard InChI is InChI=1S/C11H13Cl3N2OS/c1-6(4-15)18-5-11(17)16-10-3-8(13)7(12)2-9(10)14/h2-3,6H,4-5,15H2,1H3,(H,16,17). The summed E-state index contributed by atoms with van der Waals surface area (Å²) in [6.07, 6.45) is 0. The van der Waals surface area contributed by atoms with Gasteiger partial charge in [0.1, 0.15) is 0 Å². The van der Waals surface area contributed by atoms with Gasteiger partial charge < -0.3 is 11.1 Å². The van der Waals surface area contributed by atoms with Crippen molar-refractivity contribution in [2.24, 2.45) is 5.73 Å². The van der Waals surface area contributed by atoms with Crippen LogP contribution in [0.15, 0.2) is 12.1 Å². The molecule has 0 aromatic heterocycles. The number of anilines is 1. The van der Waals surface area contributed by atoms with E-state index in [1.54, 1.807) is 0 Å². The van der Waals surface area contributed by atoms with E-state index in [-0.39, 0.29) is 11.2 Å². The van der Waals surface area contributed by atoms with Crippen molar-refractivity contribution in [2.75, 3.05) is 17.6 Å². The van der Waals surface area contributed by atoms with Gasteiger partial charge in [-0.1, -0.05) is 41.7 Å². The molecule has 0 fully saturated rings. The van der Waals surface area contributed by atoms with Gasteiger partial charge in [-0.15, -0.1) is 11.8 Å². The Bertz CT molecular complexity index is 443. The highest BCUT2D eigenvalue weighted by molar-refractivity contribution is 8.00. The second-order valence-corrected chi connectivity index (χ2v) is 6.30. The Balaban J connectivity index is 2.62. The lowest BCUT2D eigenvalue weighted by Gasteiger charge is -2.10. The number of rotatable bonds is 5. The molecule has 0 bridgehead atoms. The molecule has 1 amide bonds. The molecule has 0 saturated carbocycles. The van der Waals surface area contributed by atoms with Crippen LogP contribution in [0.4, 0.5) is 5.69 Å². The third-order valence-electron chi connectivity index (χ3n) is 2.11. The van der Waals surface area contributed by atoms with Crippen LogP contribution in [0, 0.1) is 0 Å². The minimum Gasteiger partial charge on any atom is -0.329 e. The minimum absolute atomic E-state index is 0.152. The van der Waals surface area contributed by atoms with Gasteiger partial charge in [-0.05, 0) is 12.1 Å². The molecule has 0 aliphatic rings. The first-order chi connectivity index (χ1) is 8.43. The minimum atomic E-state index is -0.152. The van der Waals surface area contributed by atoms with Crippen molar-refractivity contribution >= 4 is 58.2 Å². The van der Waals surface area contributed by atoms with E-state index in [1.165, 1.54) is 23.9 Å². The zero-order chi connectivity index (χ0) is 13.7. The number of hydrogen-bond donors (Lipinski definition) is 2. The number of thioether (sulfide) groups is 1. The Labute approximate surface area is 125 Å². The zero-order valence-corrected chi connectivity index (χ0v) is 12.8. The van der Waals surface area contributed by atoms with E-state index in [2.05, 4.69) is 5.32 Å². The highest BCUT2D eigenvalue weighted by atomic mass is 35.5. The fraction of sp³-hybridized carbons (Fsp3) is 0.364. The van der Waals surface area contributed by atoms with Gasteiger partial charge in [-0.2, -0.15) is 0 Å². The van der Waals surface area contributed by atoms with Crippen molar-refractivity contribution in [2.45, 2.75) is 12.2 Å². The molecule has 18 heavy (non-hydrogen) atoms. The lowest BCUT2D eigenvalue weighted by molar-refractivity contribution is -0.113. The van der Waals surface area contributed by atoms with Crippen LogP contribution in [-0.4, -0.2) is 23.5 Å². The quantitative estimate of drug-likeness (QED) is 0.811. The van der Waals surface area contributed by atoms with Crippen LogP contribution in [-0.2, 0) is 4.79 Å².